The van der Waals surface area contributed by atoms with Gasteiger partial charge in [-0.3, -0.25) is 4.79 Å². The summed E-state index contributed by atoms with van der Waals surface area (Å²) >= 11 is 0. The van der Waals surface area contributed by atoms with E-state index in [4.69, 9.17) is 9.47 Å². The topological polar surface area (TPSA) is 64.6 Å². The Hall–Kier alpha value is -2.82. The predicted molar refractivity (Wildman–Crippen MR) is 76.1 cm³/mol. The molecule has 0 aliphatic carbocycles. The third-order valence-corrected chi connectivity index (χ3v) is 3.08. The van der Waals surface area contributed by atoms with E-state index in [0.717, 1.165) is 5.56 Å². The maximum Gasteiger partial charge on any atom is 0.338 e. The molecule has 1 aliphatic heterocycles. The molecule has 0 aromatic heterocycles. The zero-order valence-electron chi connectivity index (χ0n) is 11.2. The lowest BCUT2D eigenvalue weighted by Crippen LogP contribution is -2.20. The smallest absolute Gasteiger partial charge is 0.338 e. The highest BCUT2D eigenvalue weighted by atomic mass is 16.5. The Kier molecular flexibility index (Phi) is 3.55. The fourth-order valence-electron chi connectivity index (χ4n) is 2.07. The minimum absolute atomic E-state index is 0.0729. The van der Waals surface area contributed by atoms with Crippen LogP contribution in [0.1, 0.15) is 15.9 Å². The van der Waals surface area contributed by atoms with Crippen LogP contribution in [-0.2, 0) is 16.1 Å². The molecule has 5 nitrogen and oxygen atoms in total. The molecule has 2 aromatic rings. The minimum Gasteiger partial charge on any atom is -0.484 e. The van der Waals surface area contributed by atoms with Crippen molar-refractivity contribution in [2.45, 2.75) is 6.61 Å². The van der Waals surface area contributed by atoms with Gasteiger partial charge in [0, 0.05) is 11.3 Å². The van der Waals surface area contributed by atoms with Gasteiger partial charge in [-0.05, 0) is 30.3 Å². The monoisotopic (exact) mass is 283 g/mol. The first-order chi connectivity index (χ1) is 10.2. The van der Waals surface area contributed by atoms with E-state index in [-0.39, 0.29) is 25.1 Å². The number of anilines is 1. The van der Waals surface area contributed by atoms with Gasteiger partial charge in [-0.2, -0.15) is 0 Å². The van der Waals surface area contributed by atoms with E-state index in [1.165, 1.54) is 0 Å². The van der Waals surface area contributed by atoms with E-state index >= 15 is 0 Å². The van der Waals surface area contributed by atoms with Crippen LogP contribution in [0.15, 0.2) is 48.5 Å². The Labute approximate surface area is 121 Å². The number of esters is 1. The van der Waals surface area contributed by atoms with E-state index in [2.05, 4.69) is 5.32 Å². The lowest BCUT2D eigenvalue weighted by Gasteiger charge is -2.08. The lowest BCUT2D eigenvalue weighted by molar-refractivity contribution is -0.118. The molecule has 1 heterocycles. The molecule has 0 radical (unpaired) electrons. The molecule has 2 aromatic carbocycles. The molecular weight excluding hydrogens is 270 g/mol. The Morgan fingerprint density at radius 2 is 2.00 bits per heavy atom. The molecule has 1 amide bonds. The molecule has 21 heavy (non-hydrogen) atoms. The number of hydrogen-bond donors (Lipinski definition) is 1. The van der Waals surface area contributed by atoms with Crippen molar-refractivity contribution in [3.05, 3.63) is 59.7 Å². The van der Waals surface area contributed by atoms with Crippen molar-refractivity contribution in [3.8, 4) is 5.75 Å². The van der Waals surface area contributed by atoms with Crippen LogP contribution in [-0.4, -0.2) is 18.5 Å². The van der Waals surface area contributed by atoms with Gasteiger partial charge in [-0.1, -0.05) is 18.2 Å². The van der Waals surface area contributed by atoms with Crippen molar-refractivity contribution >= 4 is 17.6 Å². The van der Waals surface area contributed by atoms with Gasteiger partial charge in [0.2, 0.25) is 0 Å². The van der Waals surface area contributed by atoms with E-state index in [0.29, 0.717) is 17.0 Å². The number of carbonyl (C=O) groups is 2. The molecule has 3 rings (SSSR count). The number of rotatable bonds is 4. The van der Waals surface area contributed by atoms with E-state index in [1.807, 2.05) is 18.2 Å². The minimum atomic E-state index is -0.324. The van der Waals surface area contributed by atoms with Gasteiger partial charge in [-0.15, -0.1) is 0 Å². The molecule has 0 saturated carbocycles. The molecule has 0 bridgehead atoms. The first-order valence-corrected chi connectivity index (χ1v) is 6.50. The number of hydrogen-bond acceptors (Lipinski definition) is 4. The SMILES string of the molecule is O=C(COc1ccccc1)Nc1ccc2c(c1)COC2=O. The Balaban J connectivity index is 1.59. The van der Waals surface area contributed by atoms with Crippen molar-refractivity contribution in [2.24, 2.45) is 0 Å². The zero-order valence-corrected chi connectivity index (χ0v) is 11.2. The van der Waals surface area contributed by atoms with E-state index in [9.17, 15) is 9.59 Å². The lowest BCUT2D eigenvalue weighted by atomic mass is 10.1. The van der Waals surface area contributed by atoms with Crippen LogP contribution in [0.2, 0.25) is 0 Å². The Bertz CT molecular complexity index is 682. The molecule has 0 fully saturated rings. The standard InChI is InChI=1S/C16H13NO4/c18-15(10-20-13-4-2-1-3-5-13)17-12-6-7-14-11(8-12)9-21-16(14)19/h1-8H,9-10H2,(H,17,18). The summed E-state index contributed by atoms with van der Waals surface area (Å²) in [6.07, 6.45) is 0. The van der Waals surface area contributed by atoms with E-state index in [1.54, 1.807) is 30.3 Å². The number of fused-ring (bicyclic) bond motifs is 1. The summed E-state index contributed by atoms with van der Waals surface area (Å²) in [7, 11) is 0. The Morgan fingerprint density at radius 3 is 2.81 bits per heavy atom. The molecule has 0 spiro atoms. The first-order valence-electron chi connectivity index (χ1n) is 6.50. The highest BCUT2D eigenvalue weighted by Crippen LogP contribution is 2.23. The summed E-state index contributed by atoms with van der Waals surface area (Å²) in [5.74, 6) is 0.0555. The number of nitrogens with one attached hydrogen (secondary N) is 1. The van der Waals surface area contributed by atoms with Gasteiger partial charge in [0.25, 0.3) is 5.91 Å². The number of ether oxygens (including phenoxy) is 2. The number of carbonyl (C=O) groups excluding carboxylic acids is 2. The number of amides is 1. The molecule has 1 N–H and O–H groups in total. The van der Waals surface area contributed by atoms with Crippen LogP contribution in [0.25, 0.3) is 0 Å². The van der Waals surface area contributed by atoms with Crippen molar-refractivity contribution in [1.82, 2.24) is 0 Å². The third kappa shape index (κ3) is 3.02. The molecular formula is C16H13NO4. The van der Waals surface area contributed by atoms with Gasteiger partial charge in [0.1, 0.15) is 12.4 Å². The van der Waals surface area contributed by atoms with Crippen molar-refractivity contribution in [1.29, 1.82) is 0 Å². The summed E-state index contributed by atoms with van der Waals surface area (Å²) in [4.78, 5) is 23.1. The van der Waals surface area contributed by atoms with Crippen LogP contribution in [0.5, 0.6) is 5.75 Å². The fourth-order valence-corrected chi connectivity index (χ4v) is 2.07. The first kappa shape index (κ1) is 13.2. The summed E-state index contributed by atoms with van der Waals surface area (Å²) in [6.45, 7) is 0.176. The number of benzene rings is 2. The summed E-state index contributed by atoms with van der Waals surface area (Å²) in [6, 6.07) is 14.2. The van der Waals surface area contributed by atoms with E-state index < -0.39 is 0 Å². The van der Waals surface area contributed by atoms with Crippen molar-refractivity contribution in [3.63, 3.8) is 0 Å². The average Bonchev–Trinajstić information content (AvgIpc) is 2.87. The van der Waals surface area contributed by atoms with Gasteiger partial charge >= 0.3 is 5.97 Å². The van der Waals surface area contributed by atoms with Gasteiger partial charge in [-0.25, -0.2) is 4.79 Å². The van der Waals surface area contributed by atoms with Crippen LogP contribution >= 0.6 is 0 Å². The fraction of sp³-hybridized carbons (Fsp3) is 0.125. The average molecular weight is 283 g/mol. The molecule has 1 aliphatic rings. The van der Waals surface area contributed by atoms with Crippen LogP contribution in [0.4, 0.5) is 5.69 Å². The van der Waals surface area contributed by atoms with Crippen LogP contribution in [0, 0.1) is 0 Å². The highest BCUT2D eigenvalue weighted by molar-refractivity contribution is 5.96. The molecule has 5 heteroatoms. The van der Waals surface area contributed by atoms with Crippen molar-refractivity contribution in [2.75, 3.05) is 11.9 Å². The highest BCUT2D eigenvalue weighted by Gasteiger charge is 2.21. The van der Waals surface area contributed by atoms with Crippen LogP contribution in [0.3, 0.4) is 0 Å². The van der Waals surface area contributed by atoms with Gasteiger partial charge < -0.3 is 14.8 Å². The molecule has 106 valence electrons. The normalized spacial score (nSPS) is 12.5. The quantitative estimate of drug-likeness (QED) is 0.875. The predicted octanol–water partition coefficient (Wildman–Crippen LogP) is 2.37. The molecule has 0 unspecified atom stereocenters. The van der Waals surface area contributed by atoms with Gasteiger partial charge in [0.15, 0.2) is 6.61 Å². The zero-order chi connectivity index (χ0) is 14.7. The number of cyclic esters (lactones) is 1. The van der Waals surface area contributed by atoms with Gasteiger partial charge in [0.05, 0.1) is 5.56 Å². The van der Waals surface area contributed by atoms with Crippen molar-refractivity contribution < 1.29 is 19.1 Å². The van der Waals surface area contributed by atoms with Crippen LogP contribution < -0.4 is 10.1 Å². The maximum atomic E-state index is 11.8. The second-order valence-corrected chi connectivity index (χ2v) is 4.60. The summed E-state index contributed by atoms with van der Waals surface area (Å²) < 4.78 is 10.3. The largest absolute Gasteiger partial charge is 0.484 e. The maximum absolute atomic E-state index is 11.8. The second kappa shape index (κ2) is 5.66. The molecule has 0 saturated heterocycles. The number of para-hydroxylation sites is 1. The third-order valence-electron chi connectivity index (χ3n) is 3.08. The Morgan fingerprint density at radius 1 is 1.19 bits per heavy atom. The molecule has 0 atom stereocenters. The summed E-state index contributed by atoms with van der Waals surface area (Å²) in [5, 5.41) is 2.73. The summed E-state index contributed by atoms with van der Waals surface area (Å²) in [5.41, 5.74) is 1.95. The second-order valence-electron chi connectivity index (χ2n) is 4.60.